The van der Waals surface area contributed by atoms with Crippen molar-refractivity contribution in [1.29, 1.82) is 5.41 Å². The van der Waals surface area contributed by atoms with Crippen molar-refractivity contribution in [2.45, 2.75) is 32.7 Å². The first kappa shape index (κ1) is 24.4. The number of anilines is 1. The maximum absolute atomic E-state index is 12.0. The fourth-order valence-corrected chi connectivity index (χ4v) is 6.45. The van der Waals surface area contributed by atoms with Crippen molar-refractivity contribution in [2.75, 3.05) is 18.8 Å². The number of nitrogen functional groups attached to an aromatic ring is 1. The Morgan fingerprint density at radius 3 is 2.66 bits per heavy atom. The van der Waals surface area contributed by atoms with E-state index >= 15 is 0 Å². The average Bonchev–Trinajstić information content (AvgIpc) is 3.38. The van der Waals surface area contributed by atoms with Crippen molar-refractivity contribution in [1.82, 2.24) is 29.4 Å². The van der Waals surface area contributed by atoms with E-state index in [1.807, 2.05) is 38.1 Å². The van der Waals surface area contributed by atoms with Gasteiger partial charge in [-0.1, -0.05) is 18.2 Å². The standard InChI is InChI=1S/C28H29ClN8O/c1-5-22(38)36-13-28(14-36)8-19(9-28)37-16(3)23(24-20(10-30)21(31)6-15(2)25(24)29)26(34-37)17-7-18-12-33-35(4)27(18)32-11-17/h5-7,10-12,19,30H,1,8-9,13-14,31H2,2-4H3. The van der Waals surface area contributed by atoms with Crippen molar-refractivity contribution in [3.05, 3.63) is 59.0 Å². The normalized spacial score (nSPS) is 16.5. The molecule has 2 aliphatic rings. The van der Waals surface area contributed by atoms with Gasteiger partial charge in [0.05, 0.1) is 17.3 Å². The van der Waals surface area contributed by atoms with E-state index in [2.05, 4.69) is 21.3 Å². The fourth-order valence-electron chi connectivity index (χ4n) is 6.20. The van der Waals surface area contributed by atoms with Crippen LogP contribution >= 0.6 is 11.6 Å². The van der Waals surface area contributed by atoms with Crippen LogP contribution in [0.3, 0.4) is 0 Å². The van der Waals surface area contributed by atoms with E-state index in [0.717, 1.165) is 65.0 Å². The van der Waals surface area contributed by atoms with E-state index < -0.39 is 0 Å². The number of aromatic nitrogens is 5. The van der Waals surface area contributed by atoms with Gasteiger partial charge in [0.15, 0.2) is 5.65 Å². The Morgan fingerprint density at radius 1 is 1.24 bits per heavy atom. The molecule has 3 aromatic heterocycles. The lowest BCUT2D eigenvalue weighted by Crippen LogP contribution is -2.63. The molecular formula is C28H29ClN8O. The van der Waals surface area contributed by atoms with Gasteiger partial charge in [-0.05, 0) is 50.5 Å². The fraction of sp³-hybridized carbons (Fsp3) is 0.321. The SMILES string of the molecule is C=CC(=O)N1CC2(CC(n3nc(-c4cnc5c(cnn5C)c4)c(-c4c(Cl)c(C)cc(N)c4C=N)c3C)C2)C1. The minimum atomic E-state index is -0.0111. The molecule has 2 fully saturated rings. The molecule has 9 nitrogen and oxygen atoms in total. The summed E-state index contributed by atoms with van der Waals surface area (Å²) in [7, 11) is 1.86. The molecule has 194 valence electrons. The molecule has 3 N–H and O–H groups in total. The van der Waals surface area contributed by atoms with Crippen LogP contribution < -0.4 is 5.73 Å². The first-order valence-corrected chi connectivity index (χ1v) is 12.9. The van der Waals surface area contributed by atoms with Gasteiger partial charge >= 0.3 is 0 Å². The Labute approximate surface area is 225 Å². The molecule has 0 bridgehead atoms. The number of nitrogens with two attached hydrogens (primary N) is 1. The Morgan fingerprint density at radius 2 is 1.97 bits per heavy atom. The van der Waals surface area contributed by atoms with Gasteiger partial charge in [-0.3, -0.25) is 14.2 Å². The molecule has 1 amide bonds. The van der Waals surface area contributed by atoms with Gasteiger partial charge in [0.2, 0.25) is 5.91 Å². The molecule has 1 aliphatic heterocycles. The predicted molar refractivity (Wildman–Crippen MR) is 149 cm³/mol. The summed E-state index contributed by atoms with van der Waals surface area (Å²) in [6, 6.07) is 4.04. The molecule has 10 heteroatoms. The van der Waals surface area contributed by atoms with Crippen LogP contribution in [0.15, 0.2) is 37.2 Å². The second-order valence-electron chi connectivity index (χ2n) is 10.6. The van der Waals surface area contributed by atoms with Crippen LogP contribution in [-0.4, -0.2) is 54.7 Å². The second kappa shape index (κ2) is 8.52. The van der Waals surface area contributed by atoms with Gasteiger partial charge in [-0.2, -0.15) is 10.2 Å². The van der Waals surface area contributed by atoms with Crippen LogP contribution in [0.5, 0.6) is 0 Å². The van der Waals surface area contributed by atoms with Gasteiger partial charge in [0, 0.05) is 77.0 Å². The third-order valence-corrected chi connectivity index (χ3v) is 8.62. The molecule has 1 aliphatic carbocycles. The molecule has 0 atom stereocenters. The summed E-state index contributed by atoms with van der Waals surface area (Å²) in [5.74, 6) is -0.0111. The number of aryl methyl sites for hydroxylation is 2. The van der Waals surface area contributed by atoms with Crippen LogP contribution in [0.4, 0.5) is 5.69 Å². The third-order valence-electron chi connectivity index (χ3n) is 8.13. The smallest absolute Gasteiger partial charge is 0.245 e. The molecule has 38 heavy (non-hydrogen) atoms. The maximum atomic E-state index is 12.0. The van der Waals surface area contributed by atoms with Crippen molar-refractivity contribution in [3.8, 4) is 22.4 Å². The number of benzene rings is 1. The number of hydrogen-bond donors (Lipinski definition) is 2. The molecule has 4 aromatic rings. The Balaban J connectivity index is 1.48. The van der Waals surface area contributed by atoms with Gasteiger partial charge < -0.3 is 16.0 Å². The van der Waals surface area contributed by atoms with E-state index in [0.29, 0.717) is 21.8 Å². The number of pyridine rings is 1. The summed E-state index contributed by atoms with van der Waals surface area (Å²) in [4.78, 5) is 18.5. The third kappa shape index (κ3) is 3.49. The summed E-state index contributed by atoms with van der Waals surface area (Å²) in [5.41, 5.74) is 13.3. The van der Waals surface area contributed by atoms with E-state index in [-0.39, 0.29) is 17.4 Å². The maximum Gasteiger partial charge on any atom is 0.245 e. The van der Waals surface area contributed by atoms with E-state index in [1.165, 1.54) is 12.3 Å². The highest BCUT2D eigenvalue weighted by molar-refractivity contribution is 6.35. The van der Waals surface area contributed by atoms with Crippen LogP contribution in [0, 0.1) is 24.7 Å². The first-order chi connectivity index (χ1) is 18.2. The summed E-state index contributed by atoms with van der Waals surface area (Å²) >= 11 is 6.92. The largest absolute Gasteiger partial charge is 0.398 e. The molecule has 1 saturated heterocycles. The summed E-state index contributed by atoms with van der Waals surface area (Å²) < 4.78 is 3.83. The Hall–Kier alpha value is -3.98. The molecule has 0 unspecified atom stereocenters. The monoisotopic (exact) mass is 528 g/mol. The minimum Gasteiger partial charge on any atom is -0.398 e. The number of likely N-dealkylation sites (tertiary alicyclic amines) is 1. The van der Waals surface area contributed by atoms with E-state index in [4.69, 9.17) is 27.8 Å². The molecule has 1 spiro atoms. The van der Waals surface area contributed by atoms with Crippen molar-refractivity contribution in [3.63, 3.8) is 0 Å². The number of nitrogens with one attached hydrogen (secondary N) is 1. The number of rotatable bonds is 5. The molecule has 6 rings (SSSR count). The summed E-state index contributed by atoms with van der Waals surface area (Å²) in [6.07, 6.45) is 8.12. The lowest BCUT2D eigenvalue weighted by atomic mass is 9.60. The molecule has 1 aromatic carbocycles. The zero-order chi connectivity index (χ0) is 26.9. The van der Waals surface area contributed by atoms with Crippen LogP contribution in [0.25, 0.3) is 33.4 Å². The Bertz CT molecular complexity index is 1650. The van der Waals surface area contributed by atoms with E-state index in [1.54, 1.807) is 16.9 Å². The van der Waals surface area contributed by atoms with Crippen LogP contribution in [0.2, 0.25) is 5.02 Å². The number of carbonyl (C=O) groups excluding carboxylic acids is 1. The zero-order valence-corrected chi connectivity index (χ0v) is 22.4. The van der Waals surface area contributed by atoms with Gasteiger partial charge in [0.25, 0.3) is 0 Å². The second-order valence-corrected chi connectivity index (χ2v) is 11.0. The van der Waals surface area contributed by atoms with Gasteiger partial charge in [0.1, 0.15) is 5.69 Å². The highest BCUT2D eigenvalue weighted by Gasteiger charge is 2.54. The summed E-state index contributed by atoms with van der Waals surface area (Å²) in [6.45, 7) is 9.08. The lowest BCUT2D eigenvalue weighted by molar-refractivity contribution is -0.149. The average molecular weight is 529 g/mol. The summed E-state index contributed by atoms with van der Waals surface area (Å²) in [5, 5.41) is 19.1. The quantitative estimate of drug-likeness (QED) is 0.221. The van der Waals surface area contributed by atoms with Crippen LogP contribution in [-0.2, 0) is 11.8 Å². The van der Waals surface area contributed by atoms with Crippen LogP contribution in [0.1, 0.15) is 35.7 Å². The first-order valence-electron chi connectivity index (χ1n) is 12.5. The topological polar surface area (TPSA) is 119 Å². The van der Waals surface area contributed by atoms with Crippen molar-refractivity contribution >= 4 is 40.4 Å². The number of halogens is 1. The van der Waals surface area contributed by atoms with Gasteiger partial charge in [-0.25, -0.2) is 4.98 Å². The molecule has 4 heterocycles. The number of fused-ring (bicyclic) bond motifs is 1. The van der Waals surface area contributed by atoms with Crippen molar-refractivity contribution in [2.24, 2.45) is 12.5 Å². The highest BCUT2D eigenvalue weighted by Crippen LogP contribution is 2.55. The minimum absolute atomic E-state index is 0.0111. The number of nitrogens with zero attached hydrogens (tertiary/aromatic N) is 6. The zero-order valence-electron chi connectivity index (χ0n) is 21.6. The number of amides is 1. The predicted octanol–water partition coefficient (Wildman–Crippen LogP) is 4.70. The lowest BCUT2D eigenvalue weighted by Gasteiger charge is -2.58. The van der Waals surface area contributed by atoms with Gasteiger partial charge in [-0.15, -0.1) is 0 Å². The molecule has 1 saturated carbocycles. The van der Waals surface area contributed by atoms with Crippen molar-refractivity contribution < 1.29 is 4.79 Å². The number of carbonyl (C=O) groups is 1. The number of hydrogen-bond acceptors (Lipinski definition) is 6. The molecule has 0 radical (unpaired) electrons. The molecular weight excluding hydrogens is 500 g/mol. The van der Waals surface area contributed by atoms with E-state index in [9.17, 15) is 4.79 Å². The Kier molecular flexibility index (Phi) is 5.47. The highest BCUT2D eigenvalue weighted by atomic mass is 35.5.